The largest absolute Gasteiger partial charge is 0.480 e. The molecule has 0 aliphatic carbocycles. The number of carbonyl (C=O) groups is 2. The first kappa shape index (κ1) is 17.6. The van der Waals surface area contributed by atoms with Gasteiger partial charge in [0.15, 0.2) is 0 Å². The molecule has 0 aliphatic heterocycles. The molecule has 0 bridgehead atoms. The lowest BCUT2D eigenvalue weighted by molar-refractivity contribution is -0.136. The van der Waals surface area contributed by atoms with Crippen LogP contribution in [-0.4, -0.2) is 33.5 Å². The first-order valence-electron chi connectivity index (χ1n) is 7.03. The standard InChI is InChI=1S/C16H23NO3S/c1-4-16(2,3)17-14(18)11-21-13(15(19)20)10-12-8-6-5-7-9-12/h5-9,13H,4,10-11H2,1-3H3,(H,17,18)(H,19,20). The molecule has 2 N–H and O–H groups in total. The Labute approximate surface area is 130 Å². The van der Waals surface area contributed by atoms with Crippen LogP contribution in [0.3, 0.4) is 0 Å². The van der Waals surface area contributed by atoms with Gasteiger partial charge in [0, 0.05) is 5.54 Å². The molecule has 0 aliphatic rings. The first-order chi connectivity index (χ1) is 9.84. The molecule has 5 heteroatoms. The van der Waals surface area contributed by atoms with Crippen molar-refractivity contribution in [2.45, 2.75) is 44.4 Å². The van der Waals surface area contributed by atoms with Crippen LogP contribution in [0.4, 0.5) is 0 Å². The minimum Gasteiger partial charge on any atom is -0.480 e. The molecule has 0 saturated carbocycles. The predicted molar refractivity (Wildman–Crippen MR) is 86.5 cm³/mol. The molecule has 1 rings (SSSR count). The van der Waals surface area contributed by atoms with Crippen LogP contribution in [0.25, 0.3) is 0 Å². The molecule has 0 saturated heterocycles. The third-order valence-electron chi connectivity index (χ3n) is 3.32. The van der Waals surface area contributed by atoms with E-state index < -0.39 is 11.2 Å². The molecule has 0 fully saturated rings. The Morgan fingerprint density at radius 1 is 1.29 bits per heavy atom. The van der Waals surface area contributed by atoms with Gasteiger partial charge >= 0.3 is 5.97 Å². The monoisotopic (exact) mass is 309 g/mol. The van der Waals surface area contributed by atoms with Gasteiger partial charge in [-0.15, -0.1) is 11.8 Å². The summed E-state index contributed by atoms with van der Waals surface area (Å²) in [4.78, 5) is 23.2. The average Bonchev–Trinajstić information content (AvgIpc) is 2.43. The molecule has 1 unspecified atom stereocenters. The summed E-state index contributed by atoms with van der Waals surface area (Å²) in [6.45, 7) is 5.91. The van der Waals surface area contributed by atoms with Gasteiger partial charge in [-0.3, -0.25) is 9.59 Å². The number of aliphatic carboxylic acids is 1. The van der Waals surface area contributed by atoms with Crippen LogP contribution >= 0.6 is 11.8 Å². The normalized spacial score (nSPS) is 12.7. The van der Waals surface area contributed by atoms with E-state index in [1.807, 2.05) is 51.1 Å². The highest BCUT2D eigenvalue weighted by Gasteiger charge is 2.22. The van der Waals surface area contributed by atoms with Crippen molar-refractivity contribution in [1.29, 1.82) is 0 Å². The van der Waals surface area contributed by atoms with E-state index in [0.717, 1.165) is 12.0 Å². The highest BCUT2D eigenvalue weighted by atomic mass is 32.2. The maximum Gasteiger partial charge on any atom is 0.316 e. The van der Waals surface area contributed by atoms with Crippen LogP contribution in [0.15, 0.2) is 30.3 Å². The zero-order valence-corrected chi connectivity index (χ0v) is 13.6. The number of carboxylic acids is 1. The number of hydrogen-bond acceptors (Lipinski definition) is 3. The third kappa shape index (κ3) is 6.67. The Balaban J connectivity index is 2.52. The minimum atomic E-state index is -0.883. The van der Waals surface area contributed by atoms with E-state index in [0.29, 0.717) is 6.42 Å². The number of nitrogens with one attached hydrogen (secondary N) is 1. The highest BCUT2D eigenvalue weighted by molar-refractivity contribution is 8.01. The van der Waals surface area contributed by atoms with E-state index in [1.54, 1.807) is 0 Å². The van der Waals surface area contributed by atoms with E-state index in [4.69, 9.17) is 0 Å². The molecule has 21 heavy (non-hydrogen) atoms. The van der Waals surface area contributed by atoms with Gasteiger partial charge in [-0.1, -0.05) is 37.3 Å². The van der Waals surface area contributed by atoms with Crippen molar-refractivity contribution in [2.75, 3.05) is 5.75 Å². The third-order valence-corrected chi connectivity index (χ3v) is 4.52. The van der Waals surface area contributed by atoms with E-state index in [9.17, 15) is 14.7 Å². The smallest absolute Gasteiger partial charge is 0.316 e. The van der Waals surface area contributed by atoms with Gasteiger partial charge < -0.3 is 10.4 Å². The second-order valence-electron chi connectivity index (χ2n) is 5.61. The van der Waals surface area contributed by atoms with Crippen molar-refractivity contribution in [2.24, 2.45) is 0 Å². The SMILES string of the molecule is CCC(C)(C)NC(=O)CSC(Cc1ccccc1)C(=O)O. The van der Waals surface area contributed by atoms with Crippen LogP contribution in [0, 0.1) is 0 Å². The number of benzene rings is 1. The molecular formula is C16H23NO3S. The first-order valence-corrected chi connectivity index (χ1v) is 8.08. The summed E-state index contributed by atoms with van der Waals surface area (Å²) in [5.41, 5.74) is 0.710. The molecule has 4 nitrogen and oxygen atoms in total. The zero-order valence-electron chi connectivity index (χ0n) is 12.8. The van der Waals surface area contributed by atoms with E-state index >= 15 is 0 Å². The van der Waals surface area contributed by atoms with Gasteiger partial charge in [0.25, 0.3) is 0 Å². The van der Waals surface area contributed by atoms with Gasteiger partial charge in [-0.05, 0) is 32.3 Å². The summed E-state index contributed by atoms with van der Waals surface area (Å²) in [5.74, 6) is -0.842. The van der Waals surface area contributed by atoms with Crippen molar-refractivity contribution in [3.8, 4) is 0 Å². The topological polar surface area (TPSA) is 66.4 Å². The minimum absolute atomic E-state index is 0.119. The van der Waals surface area contributed by atoms with Gasteiger partial charge in [-0.25, -0.2) is 0 Å². The summed E-state index contributed by atoms with van der Waals surface area (Å²) in [7, 11) is 0. The Bertz CT molecular complexity index is 474. The molecule has 0 spiro atoms. The van der Waals surface area contributed by atoms with E-state index in [2.05, 4.69) is 5.32 Å². The van der Waals surface area contributed by atoms with Crippen molar-refractivity contribution < 1.29 is 14.7 Å². The van der Waals surface area contributed by atoms with Crippen molar-refractivity contribution in [1.82, 2.24) is 5.32 Å². The number of carbonyl (C=O) groups excluding carboxylic acids is 1. The van der Waals surface area contributed by atoms with E-state index in [-0.39, 0.29) is 17.2 Å². The lowest BCUT2D eigenvalue weighted by Gasteiger charge is -2.24. The van der Waals surface area contributed by atoms with Crippen LogP contribution in [-0.2, 0) is 16.0 Å². The summed E-state index contributed by atoms with van der Waals surface area (Å²) in [5, 5.41) is 11.6. The Morgan fingerprint density at radius 2 is 1.90 bits per heavy atom. The summed E-state index contributed by atoms with van der Waals surface area (Å²) in [6, 6.07) is 9.46. The summed E-state index contributed by atoms with van der Waals surface area (Å²) < 4.78 is 0. The maximum absolute atomic E-state index is 11.9. The second kappa shape index (κ2) is 8.08. The van der Waals surface area contributed by atoms with Crippen LogP contribution in [0.5, 0.6) is 0 Å². The predicted octanol–water partition coefficient (Wildman–Crippen LogP) is 2.72. The van der Waals surface area contributed by atoms with E-state index in [1.165, 1.54) is 11.8 Å². The highest BCUT2D eigenvalue weighted by Crippen LogP contribution is 2.17. The summed E-state index contributed by atoms with van der Waals surface area (Å²) in [6.07, 6.45) is 1.25. The molecule has 0 radical (unpaired) electrons. The summed E-state index contributed by atoms with van der Waals surface area (Å²) >= 11 is 1.17. The lowest BCUT2D eigenvalue weighted by atomic mass is 10.0. The van der Waals surface area contributed by atoms with Crippen molar-refractivity contribution >= 4 is 23.6 Å². The Kier molecular flexibility index (Phi) is 6.75. The van der Waals surface area contributed by atoms with Crippen molar-refractivity contribution in [3.63, 3.8) is 0 Å². The molecule has 1 aromatic rings. The number of hydrogen-bond donors (Lipinski definition) is 2. The van der Waals surface area contributed by atoms with Gasteiger partial charge in [-0.2, -0.15) is 0 Å². The van der Waals surface area contributed by atoms with Crippen LogP contribution in [0.1, 0.15) is 32.8 Å². The molecule has 0 aromatic heterocycles. The van der Waals surface area contributed by atoms with Crippen molar-refractivity contribution in [3.05, 3.63) is 35.9 Å². The number of amides is 1. The fourth-order valence-electron chi connectivity index (χ4n) is 1.72. The maximum atomic E-state index is 11.9. The Hall–Kier alpha value is -1.49. The number of carboxylic acid groups (broad SMARTS) is 1. The van der Waals surface area contributed by atoms with Gasteiger partial charge in [0.05, 0.1) is 5.75 Å². The van der Waals surface area contributed by atoms with Crippen LogP contribution < -0.4 is 5.32 Å². The molecule has 1 atom stereocenters. The molecule has 0 heterocycles. The zero-order chi connectivity index (χ0) is 15.9. The number of rotatable bonds is 8. The number of thioether (sulfide) groups is 1. The average molecular weight is 309 g/mol. The van der Waals surface area contributed by atoms with Gasteiger partial charge in [0.1, 0.15) is 5.25 Å². The molecule has 1 aromatic carbocycles. The molecular weight excluding hydrogens is 286 g/mol. The Morgan fingerprint density at radius 3 is 2.43 bits per heavy atom. The quantitative estimate of drug-likeness (QED) is 0.775. The lowest BCUT2D eigenvalue weighted by Crippen LogP contribution is -2.44. The molecule has 1 amide bonds. The fraction of sp³-hybridized carbons (Fsp3) is 0.500. The second-order valence-corrected chi connectivity index (χ2v) is 6.80. The van der Waals surface area contributed by atoms with Crippen LogP contribution in [0.2, 0.25) is 0 Å². The molecule has 116 valence electrons. The fourth-order valence-corrected chi connectivity index (χ4v) is 2.60. The van der Waals surface area contributed by atoms with Gasteiger partial charge in [0.2, 0.25) is 5.91 Å².